The zero-order chi connectivity index (χ0) is 16.2. The third-order valence-corrected chi connectivity index (χ3v) is 4.15. The highest BCUT2D eigenvalue weighted by molar-refractivity contribution is 6.30. The van der Waals surface area contributed by atoms with Crippen molar-refractivity contribution in [2.45, 2.75) is 6.04 Å². The second-order valence-electron chi connectivity index (χ2n) is 5.45. The van der Waals surface area contributed by atoms with Crippen LogP contribution in [0.5, 0.6) is 5.75 Å². The van der Waals surface area contributed by atoms with E-state index in [0.717, 1.165) is 12.4 Å². The van der Waals surface area contributed by atoms with Crippen LogP contribution in [0.3, 0.4) is 0 Å². The summed E-state index contributed by atoms with van der Waals surface area (Å²) in [6.07, 6.45) is 3.63. The monoisotopic (exact) mass is 334 g/mol. The van der Waals surface area contributed by atoms with E-state index in [1.54, 1.807) is 30.5 Å². The number of imidazole rings is 1. The van der Waals surface area contributed by atoms with Gasteiger partial charge in [0.05, 0.1) is 0 Å². The number of carbonyl (C=O) groups excluding carboxylic acids is 1. The molecule has 1 aliphatic rings. The molecule has 1 amide bonds. The van der Waals surface area contributed by atoms with Crippen LogP contribution in [0.1, 0.15) is 11.9 Å². The van der Waals surface area contributed by atoms with Gasteiger partial charge in [-0.25, -0.2) is 4.98 Å². The molecule has 0 spiro atoms. The maximum absolute atomic E-state index is 12.6. The minimum absolute atomic E-state index is 0.00253. The molecule has 1 aromatic carbocycles. The summed E-state index contributed by atoms with van der Waals surface area (Å²) in [6, 6.07) is 6.91. The number of aryl methyl sites for hydroxylation is 1. The van der Waals surface area contributed by atoms with Crippen molar-refractivity contribution in [2.75, 3.05) is 26.2 Å². The zero-order valence-electron chi connectivity index (χ0n) is 12.9. The molecule has 1 saturated heterocycles. The highest BCUT2D eigenvalue weighted by Crippen LogP contribution is 2.21. The van der Waals surface area contributed by atoms with Crippen molar-refractivity contribution in [1.29, 1.82) is 0 Å². The minimum atomic E-state index is -0.0786. The summed E-state index contributed by atoms with van der Waals surface area (Å²) in [4.78, 5) is 18.8. The van der Waals surface area contributed by atoms with E-state index in [-0.39, 0.29) is 18.6 Å². The Hall–Kier alpha value is -2.05. The number of hydrogen-bond donors (Lipinski definition) is 1. The average Bonchev–Trinajstić information content (AvgIpc) is 3.00. The molecule has 0 aliphatic carbocycles. The predicted molar refractivity (Wildman–Crippen MR) is 87.5 cm³/mol. The highest BCUT2D eigenvalue weighted by Gasteiger charge is 2.30. The Kier molecular flexibility index (Phi) is 4.83. The molecule has 0 bridgehead atoms. The first-order valence-electron chi connectivity index (χ1n) is 7.51. The van der Waals surface area contributed by atoms with Crippen LogP contribution in [-0.4, -0.2) is 46.6 Å². The van der Waals surface area contributed by atoms with Crippen LogP contribution in [0.4, 0.5) is 0 Å². The van der Waals surface area contributed by atoms with Crippen molar-refractivity contribution < 1.29 is 9.53 Å². The van der Waals surface area contributed by atoms with Gasteiger partial charge in [-0.1, -0.05) is 11.6 Å². The summed E-state index contributed by atoms with van der Waals surface area (Å²) in [5.41, 5.74) is 0. The normalized spacial score (nSPS) is 18.0. The van der Waals surface area contributed by atoms with Crippen LogP contribution in [0.2, 0.25) is 5.02 Å². The summed E-state index contributed by atoms with van der Waals surface area (Å²) in [5, 5.41) is 3.95. The summed E-state index contributed by atoms with van der Waals surface area (Å²) >= 11 is 5.84. The van der Waals surface area contributed by atoms with Crippen molar-refractivity contribution in [3.63, 3.8) is 0 Å². The van der Waals surface area contributed by atoms with Crippen LogP contribution < -0.4 is 10.1 Å². The number of carbonyl (C=O) groups is 1. The maximum atomic E-state index is 12.6. The van der Waals surface area contributed by atoms with Crippen molar-refractivity contribution in [2.24, 2.45) is 7.05 Å². The molecule has 1 N–H and O–H groups in total. The lowest BCUT2D eigenvalue weighted by atomic mass is 10.1. The Morgan fingerprint density at radius 3 is 2.91 bits per heavy atom. The Bertz CT molecular complexity index is 671. The quantitative estimate of drug-likeness (QED) is 0.923. The largest absolute Gasteiger partial charge is 0.484 e. The van der Waals surface area contributed by atoms with Gasteiger partial charge in [-0.3, -0.25) is 4.79 Å². The van der Waals surface area contributed by atoms with Gasteiger partial charge in [-0.15, -0.1) is 0 Å². The number of rotatable bonds is 4. The van der Waals surface area contributed by atoms with Crippen LogP contribution >= 0.6 is 11.6 Å². The third kappa shape index (κ3) is 3.65. The SMILES string of the molecule is Cn1ccnc1C1CNCCN1C(=O)COc1ccc(Cl)cc1. The van der Waals surface area contributed by atoms with Crippen LogP contribution in [0.15, 0.2) is 36.7 Å². The number of nitrogens with zero attached hydrogens (tertiary/aromatic N) is 3. The standard InChI is InChI=1S/C16H19ClN4O2/c1-20-8-7-19-16(20)14-10-18-6-9-21(14)15(22)11-23-13-4-2-12(17)3-5-13/h2-5,7-8,14,18H,6,9-11H2,1H3. The first-order valence-corrected chi connectivity index (χ1v) is 7.89. The van der Waals surface area contributed by atoms with Gasteiger partial charge in [0.2, 0.25) is 0 Å². The molecule has 1 unspecified atom stereocenters. The second kappa shape index (κ2) is 7.02. The van der Waals surface area contributed by atoms with E-state index in [4.69, 9.17) is 16.3 Å². The zero-order valence-corrected chi connectivity index (χ0v) is 13.7. The number of nitrogens with one attached hydrogen (secondary N) is 1. The molecule has 1 aromatic heterocycles. The van der Waals surface area contributed by atoms with Crippen molar-refractivity contribution in [3.05, 3.63) is 47.5 Å². The topological polar surface area (TPSA) is 59.4 Å². The molecule has 3 rings (SSSR count). The van der Waals surface area contributed by atoms with Gasteiger partial charge in [-0.05, 0) is 24.3 Å². The van der Waals surface area contributed by atoms with E-state index >= 15 is 0 Å². The number of hydrogen-bond acceptors (Lipinski definition) is 4. The van der Waals surface area contributed by atoms with Gasteiger partial charge in [0.15, 0.2) is 6.61 Å². The van der Waals surface area contributed by atoms with Crippen molar-refractivity contribution in [1.82, 2.24) is 19.8 Å². The number of ether oxygens (including phenoxy) is 1. The van der Waals surface area contributed by atoms with Crippen LogP contribution in [0.25, 0.3) is 0 Å². The van der Waals surface area contributed by atoms with Gasteiger partial charge in [0, 0.05) is 44.1 Å². The molecule has 1 aliphatic heterocycles. The molecule has 2 aromatic rings. The minimum Gasteiger partial charge on any atom is -0.484 e. The fourth-order valence-electron chi connectivity index (χ4n) is 2.69. The van der Waals surface area contributed by atoms with Gasteiger partial charge in [0.25, 0.3) is 5.91 Å². The number of amides is 1. The lowest BCUT2D eigenvalue weighted by Crippen LogP contribution is -2.50. The number of piperazine rings is 1. The lowest BCUT2D eigenvalue weighted by Gasteiger charge is -2.35. The highest BCUT2D eigenvalue weighted by atomic mass is 35.5. The van der Waals surface area contributed by atoms with E-state index in [1.807, 2.05) is 22.7 Å². The molecule has 0 saturated carbocycles. The summed E-state index contributed by atoms with van der Waals surface area (Å²) in [7, 11) is 1.93. The number of aromatic nitrogens is 2. The van der Waals surface area contributed by atoms with Crippen LogP contribution in [-0.2, 0) is 11.8 Å². The van der Waals surface area contributed by atoms with Gasteiger partial charge in [0.1, 0.15) is 17.6 Å². The number of halogens is 1. The fraction of sp³-hybridized carbons (Fsp3) is 0.375. The molecular formula is C16H19ClN4O2. The summed E-state index contributed by atoms with van der Waals surface area (Å²) in [5.74, 6) is 1.46. The molecular weight excluding hydrogens is 316 g/mol. The van der Waals surface area contributed by atoms with Gasteiger partial charge in [-0.2, -0.15) is 0 Å². The molecule has 7 heteroatoms. The Labute approximate surface area is 140 Å². The molecule has 2 heterocycles. The summed E-state index contributed by atoms with van der Waals surface area (Å²) in [6.45, 7) is 2.11. The smallest absolute Gasteiger partial charge is 0.261 e. The maximum Gasteiger partial charge on any atom is 0.261 e. The van der Waals surface area contributed by atoms with E-state index in [1.165, 1.54) is 0 Å². The van der Waals surface area contributed by atoms with Gasteiger partial charge < -0.3 is 19.5 Å². The van der Waals surface area contributed by atoms with E-state index < -0.39 is 0 Å². The van der Waals surface area contributed by atoms with Crippen molar-refractivity contribution in [3.8, 4) is 5.75 Å². The van der Waals surface area contributed by atoms with E-state index in [9.17, 15) is 4.79 Å². The first-order chi connectivity index (χ1) is 11.1. The molecule has 0 radical (unpaired) electrons. The number of benzene rings is 1. The predicted octanol–water partition coefficient (Wildman–Crippen LogP) is 1.63. The molecule has 23 heavy (non-hydrogen) atoms. The molecule has 6 nitrogen and oxygen atoms in total. The Balaban J connectivity index is 1.66. The fourth-order valence-corrected chi connectivity index (χ4v) is 2.82. The van der Waals surface area contributed by atoms with Gasteiger partial charge >= 0.3 is 0 Å². The first kappa shape index (κ1) is 15.8. The average molecular weight is 335 g/mol. The molecule has 122 valence electrons. The summed E-state index contributed by atoms with van der Waals surface area (Å²) < 4.78 is 7.52. The van der Waals surface area contributed by atoms with E-state index in [2.05, 4.69) is 10.3 Å². The Morgan fingerprint density at radius 1 is 1.43 bits per heavy atom. The van der Waals surface area contributed by atoms with E-state index in [0.29, 0.717) is 23.9 Å². The lowest BCUT2D eigenvalue weighted by molar-refractivity contribution is -0.137. The second-order valence-corrected chi connectivity index (χ2v) is 5.88. The molecule has 1 atom stereocenters. The molecule has 1 fully saturated rings. The van der Waals surface area contributed by atoms with Crippen molar-refractivity contribution >= 4 is 17.5 Å². The van der Waals surface area contributed by atoms with Crippen LogP contribution in [0, 0.1) is 0 Å². The third-order valence-electron chi connectivity index (χ3n) is 3.90. The Morgan fingerprint density at radius 2 is 2.22 bits per heavy atom.